The second-order valence-electron chi connectivity index (χ2n) is 8.90. The Labute approximate surface area is 208 Å². The third-order valence-corrected chi connectivity index (χ3v) is 7.81. The van der Waals surface area contributed by atoms with Gasteiger partial charge in [-0.25, -0.2) is 0 Å². The maximum Gasteiger partial charge on any atom is 0.254 e. The Hall–Kier alpha value is -2.83. The molecule has 0 saturated heterocycles. The van der Waals surface area contributed by atoms with Crippen LogP contribution in [-0.2, 0) is 11.2 Å². The van der Waals surface area contributed by atoms with Crippen molar-refractivity contribution in [2.24, 2.45) is 0 Å². The maximum atomic E-state index is 13.6. The Morgan fingerprint density at radius 2 is 1.88 bits per heavy atom. The molecule has 7 heteroatoms. The van der Waals surface area contributed by atoms with E-state index in [1.165, 1.54) is 4.88 Å². The Kier molecular flexibility index (Phi) is 6.61. The van der Waals surface area contributed by atoms with Gasteiger partial charge in [0.25, 0.3) is 5.91 Å². The van der Waals surface area contributed by atoms with Gasteiger partial charge in [-0.2, -0.15) is 0 Å². The quantitative estimate of drug-likeness (QED) is 0.434. The number of thiophene rings is 1. The lowest BCUT2D eigenvalue weighted by Gasteiger charge is -2.37. The van der Waals surface area contributed by atoms with Crippen LogP contribution in [0.1, 0.15) is 45.2 Å². The molecule has 176 valence electrons. The van der Waals surface area contributed by atoms with Gasteiger partial charge < -0.3 is 14.5 Å². The summed E-state index contributed by atoms with van der Waals surface area (Å²) in [6, 6.07) is 16.9. The normalized spacial score (nSPS) is 17.2. The van der Waals surface area contributed by atoms with Crippen LogP contribution >= 0.6 is 22.9 Å². The minimum absolute atomic E-state index is 0.0320. The molecule has 1 atom stereocenters. The number of amides is 2. The molecule has 0 spiro atoms. The number of rotatable bonds is 7. The van der Waals surface area contributed by atoms with E-state index in [1.54, 1.807) is 28.4 Å². The lowest BCUT2D eigenvalue weighted by atomic mass is 10.00. The summed E-state index contributed by atoms with van der Waals surface area (Å²) in [7, 11) is 0. The van der Waals surface area contributed by atoms with E-state index >= 15 is 0 Å². The molecule has 1 aliphatic carbocycles. The molecule has 1 fully saturated rings. The molecule has 0 unspecified atom stereocenters. The van der Waals surface area contributed by atoms with E-state index in [0.717, 1.165) is 30.4 Å². The lowest BCUT2D eigenvalue weighted by Crippen LogP contribution is -2.48. The van der Waals surface area contributed by atoms with Gasteiger partial charge in [0.15, 0.2) is 0 Å². The molecule has 2 aliphatic rings. The van der Waals surface area contributed by atoms with E-state index in [2.05, 4.69) is 11.4 Å². The summed E-state index contributed by atoms with van der Waals surface area (Å²) in [6.45, 7) is 3.01. The smallest absolute Gasteiger partial charge is 0.254 e. The van der Waals surface area contributed by atoms with Crippen molar-refractivity contribution in [2.75, 3.05) is 19.7 Å². The minimum atomic E-state index is -0.187. The maximum absolute atomic E-state index is 13.6. The number of hydrogen-bond acceptors (Lipinski definition) is 4. The van der Waals surface area contributed by atoms with Crippen LogP contribution in [0.2, 0.25) is 5.02 Å². The number of carbonyl (C=O) groups excluding carboxylic acids is 2. The number of hydrogen-bond donors (Lipinski definition) is 0. The van der Waals surface area contributed by atoms with Crippen LogP contribution in [0, 0.1) is 6.92 Å². The van der Waals surface area contributed by atoms with Crippen molar-refractivity contribution in [2.45, 2.75) is 38.3 Å². The van der Waals surface area contributed by atoms with E-state index in [1.807, 2.05) is 48.2 Å². The van der Waals surface area contributed by atoms with Gasteiger partial charge in [-0.3, -0.25) is 9.59 Å². The van der Waals surface area contributed by atoms with E-state index < -0.39 is 0 Å². The first-order valence-corrected chi connectivity index (χ1v) is 12.9. The summed E-state index contributed by atoms with van der Waals surface area (Å²) < 4.78 is 6.08. The topological polar surface area (TPSA) is 49.9 Å². The molecule has 2 amide bonds. The van der Waals surface area contributed by atoms with E-state index in [4.69, 9.17) is 16.3 Å². The summed E-state index contributed by atoms with van der Waals surface area (Å²) in [5.41, 5.74) is 2.74. The van der Waals surface area contributed by atoms with Gasteiger partial charge in [0.2, 0.25) is 5.91 Å². The lowest BCUT2D eigenvalue weighted by molar-refractivity contribution is -0.135. The average molecular weight is 495 g/mol. The zero-order chi connectivity index (χ0) is 23.7. The molecule has 2 heterocycles. The fourth-order valence-corrected chi connectivity index (χ4v) is 5.59. The van der Waals surface area contributed by atoms with Crippen LogP contribution in [0.15, 0.2) is 60.0 Å². The van der Waals surface area contributed by atoms with E-state index in [-0.39, 0.29) is 30.4 Å². The van der Waals surface area contributed by atoms with Crippen molar-refractivity contribution in [3.63, 3.8) is 0 Å². The number of ether oxygens (including phenoxy) is 1. The van der Waals surface area contributed by atoms with Crippen molar-refractivity contribution < 1.29 is 14.3 Å². The fourth-order valence-electron chi connectivity index (χ4n) is 4.54. The van der Waals surface area contributed by atoms with Gasteiger partial charge in [-0.05, 0) is 79.1 Å². The molecule has 0 N–H and O–H groups in total. The average Bonchev–Trinajstić information content (AvgIpc) is 3.57. The van der Waals surface area contributed by atoms with Crippen LogP contribution in [0.5, 0.6) is 5.75 Å². The monoisotopic (exact) mass is 494 g/mol. The van der Waals surface area contributed by atoms with Crippen LogP contribution in [0.25, 0.3) is 0 Å². The molecule has 5 nitrogen and oxygen atoms in total. The number of aryl methyl sites for hydroxylation is 1. The van der Waals surface area contributed by atoms with Crippen LogP contribution in [0.4, 0.5) is 0 Å². The Bertz CT molecular complexity index is 1190. The second-order valence-corrected chi connectivity index (χ2v) is 10.3. The van der Waals surface area contributed by atoms with Gasteiger partial charge >= 0.3 is 0 Å². The molecule has 0 radical (unpaired) electrons. The highest BCUT2D eigenvalue weighted by Gasteiger charge is 2.38. The van der Waals surface area contributed by atoms with Gasteiger partial charge in [-0.15, -0.1) is 11.3 Å². The molecule has 34 heavy (non-hydrogen) atoms. The predicted octanol–water partition coefficient (Wildman–Crippen LogP) is 5.52. The first-order chi connectivity index (χ1) is 16.5. The largest absolute Gasteiger partial charge is 0.491 e. The molecule has 0 bridgehead atoms. The number of carbonyl (C=O) groups is 2. The summed E-state index contributed by atoms with van der Waals surface area (Å²) >= 11 is 7.72. The summed E-state index contributed by atoms with van der Waals surface area (Å²) in [5.74, 6) is 0.625. The SMILES string of the molecule is Cc1ccccc1C(=O)N(CC(=O)N1CCc2sccc2[C@H]1COc1ccc(Cl)cc1)C1CC1. The highest BCUT2D eigenvalue weighted by atomic mass is 35.5. The van der Waals surface area contributed by atoms with Crippen molar-refractivity contribution >= 4 is 34.8 Å². The highest BCUT2D eigenvalue weighted by Crippen LogP contribution is 2.35. The second kappa shape index (κ2) is 9.80. The Morgan fingerprint density at radius 3 is 2.62 bits per heavy atom. The number of nitrogens with zero attached hydrogens (tertiary/aromatic N) is 2. The Balaban J connectivity index is 1.34. The first kappa shape index (κ1) is 22.9. The van der Waals surface area contributed by atoms with Crippen LogP contribution < -0.4 is 4.74 Å². The predicted molar refractivity (Wildman–Crippen MR) is 135 cm³/mol. The molecular weight excluding hydrogens is 468 g/mol. The molecular formula is C27H27ClN2O3S. The third kappa shape index (κ3) is 4.84. The summed E-state index contributed by atoms with van der Waals surface area (Å²) in [5, 5.41) is 2.73. The van der Waals surface area contributed by atoms with Gasteiger partial charge in [0.1, 0.15) is 18.9 Å². The van der Waals surface area contributed by atoms with E-state index in [9.17, 15) is 9.59 Å². The summed E-state index contributed by atoms with van der Waals surface area (Å²) in [4.78, 5) is 31.9. The van der Waals surface area contributed by atoms with Crippen LogP contribution in [-0.4, -0.2) is 47.4 Å². The van der Waals surface area contributed by atoms with Gasteiger partial charge in [0.05, 0.1) is 6.04 Å². The molecule has 2 aromatic carbocycles. The highest BCUT2D eigenvalue weighted by molar-refractivity contribution is 7.10. The van der Waals surface area contributed by atoms with Crippen molar-refractivity contribution in [3.05, 3.63) is 86.6 Å². The van der Waals surface area contributed by atoms with Crippen molar-refractivity contribution in [1.82, 2.24) is 9.80 Å². The van der Waals surface area contributed by atoms with Crippen molar-refractivity contribution in [3.8, 4) is 5.75 Å². The molecule has 3 aromatic rings. The zero-order valence-electron chi connectivity index (χ0n) is 19.1. The number of benzene rings is 2. The number of halogens is 1. The van der Waals surface area contributed by atoms with Gasteiger partial charge in [0, 0.05) is 28.0 Å². The van der Waals surface area contributed by atoms with Crippen LogP contribution in [0.3, 0.4) is 0 Å². The van der Waals surface area contributed by atoms with Crippen molar-refractivity contribution in [1.29, 1.82) is 0 Å². The molecule has 1 saturated carbocycles. The molecule has 1 aliphatic heterocycles. The Morgan fingerprint density at radius 1 is 1.12 bits per heavy atom. The third-order valence-electron chi connectivity index (χ3n) is 6.57. The first-order valence-electron chi connectivity index (χ1n) is 11.6. The molecule has 5 rings (SSSR count). The summed E-state index contributed by atoms with van der Waals surface area (Å²) in [6.07, 6.45) is 2.72. The zero-order valence-corrected chi connectivity index (χ0v) is 20.6. The standard InChI is InChI=1S/C27H27ClN2O3S/c1-18-4-2-3-5-22(18)27(32)30(20-8-9-20)16-26(31)29-14-12-25-23(13-15-34-25)24(29)17-33-21-10-6-19(28)7-11-21/h2-7,10-11,13,15,20,24H,8-9,12,14,16-17H2,1H3/t24-/m1/s1. The fraction of sp³-hybridized carbons (Fsp3) is 0.333. The number of fused-ring (bicyclic) bond motifs is 1. The van der Waals surface area contributed by atoms with Gasteiger partial charge in [-0.1, -0.05) is 29.8 Å². The van der Waals surface area contributed by atoms with E-state index in [0.29, 0.717) is 29.5 Å². The molecule has 1 aromatic heterocycles. The minimum Gasteiger partial charge on any atom is -0.491 e.